The lowest BCUT2D eigenvalue weighted by Crippen LogP contribution is -1.91. The first-order valence-corrected chi connectivity index (χ1v) is 5.88. The molecule has 0 amide bonds. The molecule has 0 radical (unpaired) electrons. The van der Waals surface area contributed by atoms with E-state index >= 15 is 0 Å². The smallest absolute Gasteiger partial charge is 0.124 e. The maximum absolute atomic E-state index is 4.79. The fraction of sp³-hybridized carbons (Fsp3) is 0.0833. The second kappa shape index (κ2) is 7.07. The van der Waals surface area contributed by atoms with Gasteiger partial charge in [-0.05, 0) is 0 Å². The molecule has 0 fully saturated rings. The Morgan fingerprint density at radius 2 is 2.00 bits per heavy atom. The standard InChI is InChI=1S/C9H7NS2.C3H5N/c11-8-6-10-9(12-8)7-4-2-1-3-5-7;1-2-3-4/h1-6,11H;1H,3-4H2. The van der Waals surface area contributed by atoms with Gasteiger partial charge in [0.25, 0.3) is 0 Å². The zero-order chi connectivity index (χ0) is 11.8. The highest BCUT2D eigenvalue weighted by Gasteiger charge is 2.00. The van der Waals surface area contributed by atoms with Crippen LogP contribution in [0.5, 0.6) is 0 Å². The highest BCUT2D eigenvalue weighted by Crippen LogP contribution is 2.26. The lowest BCUT2D eigenvalue weighted by Gasteiger charge is -1.92. The van der Waals surface area contributed by atoms with Crippen LogP contribution in [-0.4, -0.2) is 11.5 Å². The number of benzene rings is 1. The maximum Gasteiger partial charge on any atom is 0.124 e. The van der Waals surface area contributed by atoms with Crippen LogP contribution >= 0.6 is 24.0 Å². The maximum atomic E-state index is 4.79. The van der Waals surface area contributed by atoms with Crippen molar-refractivity contribution in [2.24, 2.45) is 5.73 Å². The van der Waals surface area contributed by atoms with Gasteiger partial charge in [0, 0.05) is 5.56 Å². The average molecular weight is 248 g/mol. The summed E-state index contributed by atoms with van der Waals surface area (Å²) in [5.41, 5.74) is 5.95. The molecule has 1 heterocycles. The summed E-state index contributed by atoms with van der Waals surface area (Å²) in [7, 11) is 0. The predicted octanol–water partition coefficient (Wildman–Crippen LogP) is 2.68. The summed E-state index contributed by atoms with van der Waals surface area (Å²) in [5.74, 6) is 2.21. The average Bonchev–Trinajstić information content (AvgIpc) is 2.77. The van der Waals surface area contributed by atoms with Gasteiger partial charge in [-0.25, -0.2) is 4.98 Å². The van der Waals surface area contributed by atoms with Crippen molar-refractivity contribution in [1.82, 2.24) is 4.98 Å². The second-order valence-corrected chi connectivity index (χ2v) is 4.59. The number of nitrogens with zero attached hydrogens (tertiary/aromatic N) is 1. The Balaban J connectivity index is 0.000000280. The van der Waals surface area contributed by atoms with Crippen LogP contribution in [0.3, 0.4) is 0 Å². The van der Waals surface area contributed by atoms with Crippen molar-refractivity contribution in [2.45, 2.75) is 4.21 Å². The topological polar surface area (TPSA) is 38.9 Å². The van der Waals surface area contributed by atoms with Crippen molar-refractivity contribution in [3.63, 3.8) is 0 Å². The summed E-state index contributed by atoms with van der Waals surface area (Å²) in [6.45, 7) is 0.347. The Morgan fingerprint density at radius 3 is 2.44 bits per heavy atom. The number of thiazole rings is 1. The fourth-order valence-electron chi connectivity index (χ4n) is 0.980. The first-order valence-electron chi connectivity index (χ1n) is 4.61. The molecule has 0 aliphatic heterocycles. The van der Waals surface area contributed by atoms with E-state index < -0.39 is 0 Å². The van der Waals surface area contributed by atoms with Gasteiger partial charge in [0.15, 0.2) is 0 Å². The molecule has 0 unspecified atom stereocenters. The van der Waals surface area contributed by atoms with Gasteiger partial charge in [-0.3, -0.25) is 0 Å². The monoisotopic (exact) mass is 248 g/mol. The second-order valence-electron chi connectivity index (χ2n) is 2.78. The molecule has 0 saturated carbocycles. The van der Waals surface area contributed by atoms with Gasteiger partial charge in [0.1, 0.15) is 5.01 Å². The van der Waals surface area contributed by atoms with Crippen molar-refractivity contribution in [3.8, 4) is 22.9 Å². The van der Waals surface area contributed by atoms with Crippen molar-refractivity contribution < 1.29 is 0 Å². The minimum absolute atomic E-state index is 0.347. The molecule has 0 atom stereocenters. The quantitative estimate of drug-likeness (QED) is 0.601. The minimum atomic E-state index is 0.347. The van der Waals surface area contributed by atoms with Gasteiger partial charge in [-0.15, -0.1) is 30.4 Å². The summed E-state index contributed by atoms with van der Waals surface area (Å²) < 4.78 is 0.953. The van der Waals surface area contributed by atoms with Crippen LogP contribution in [0, 0.1) is 12.3 Å². The molecule has 1 aromatic carbocycles. The molecule has 2 aromatic rings. The minimum Gasteiger partial charge on any atom is -0.320 e. The first kappa shape index (κ1) is 12.8. The van der Waals surface area contributed by atoms with Crippen LogP contribution in [0.2, 0.25) is 0 Å². The third kappa shape index (κ3) is 4.07. The van der Waals surface area contributed by atoms with Gasteiger partial charge in [-0.2, -0.15) is 0 Å². The number of terminal acetylenes is 1. The molecule has 4 heteroatoms. The summed E-state index contributed by atoms with van der Waals surface area (Å²) in [6, 6.07) is 10.1. The lowest BCUT2D eigenvalue weighted by molar-refractivity contribution is 1.30. The molecular weight excluding hydrogens is 236 g/mol. The molecule has 2 N–H and O–H groups in total. The van der Waals surface area contributed by atoms with Crippen LogP contribution in [0.4, 0.5) is 0 Å². The van der Waals surface area contributed by atoms with Crippen LogP contribution in [0.1, 0.15) is 0 Å². The van der Waals surface area contributed by atoms with Crippen molar-refractivity contribution >= 4 is 24.0 Å². The number of rotatable bonds is 1. The van der Waals surface area contributed by atoms with Crippen LogP contribution < -0.4 is 5.73 Å². The summed E-state index contributed by atoms with van der Waals surface area (Å²) in [4.78, 5) is 4.23. The number of hydrogen-bond donors (Lipinski definition) is 2. The number of hydrogen-bond acceptors (Lipinski definition) is 4. The summed E-state index contributed by atoms with van der Waals surface area (Å²) in [5, 5.41) is 1.03. The van der Waals surface area contributed by atoms with E-state index in [-0.39, 0.29) is 0 Å². The van der Waals surface area contributed by atoms with E-state index in [1.54, 1.807) is 17.5 Å². The van der Waals surface area contributed by atoms with Gasteiger partial charge in [0.05, 0.1) is 17.0 Å². The van der Waals surface area contributed by atoms with E-state index in [0.29, 0.717) is 6.54 Å². The molecule has 2 rings (SSSR count). The molecule has 0 spiro atoms. The predicted molar refractivity (Wildman–Crippen MR) is 72.7 cm³/mol. The Kier molecular flexibility index (Phi) is 5.65. The third-order valence-electron chi connectivity index (χ3n) is 1.63. The largest absolute Gasteiger partial charge is 0.320 e. The third-order valence-corrected chi connectivity index (χ3v) is 2.87. The molecule has 0 aliphatic rings. The van der Waals surface area contributed by atoms with E-state index in [2.05, 4.69) is 30.0 Å². The lowest BCUT2D eigenvalue weighted by atomic mass is 10.2. The highest BCUT2D eigenvalue weighted by molar-refractivity contribution is 7.83. The SMILES string of the molecule is C#CCN.Sc1cnc(-c2ccccc2)s1. The molecule has 0 saturated heterocycles. The molecular formula is C12H12N2S2. The van der Waals surface area contributed by atoms with Gasteiger partial charge < -0.3 is 5.73 Å². The Morgan fingerprint density at radius 1 is 1.38 bits per heavy atom. The van der Waals surface area contributed by atoms with Crippen LogP contribution in [0.15, 0.2) is 40.7 Å². The summed E-state index contributed by atoms with van der Waals surface area (Å²) >= 11 is 5.81. The summed E-state index contributed by atoms with van der Waals surface area (Å²) in [6.07, 6.45) is 6.43. The van der Waals surface area contributed by atoms with E-state index in [1.807, 2.05) is 30.3 Å². The Labute approximate surface area is 105 Å². The van der Waals surface area contributed by atoms with Crippen molar-refractivity contribution in [3.05, 3.63) is 36.5 Å². The van der Waals surface area contributed by atoms with E-state index in [4.69, 9.17) is 5.73 Å². The Bertz CT molecular complexity index is 457. The van der Waals surface area contributed by atoms with Gasteiger partial charge in [0.2, 0.25) is 0 Å². The van der Waals surface area contributed by atoms with Crippen molar-refractivity contribution in [1.29, 1.82) is 0 Å². The van der Waals surface area contributed by atoms with Crippen LogP contribution in [0.25, 0.3) is 10.6 Å². The van der Waals surface area contributed by atoms with E-state index in [1.165, 1.54) is 0 Å². The van der Waals surface area contributed by atoms with Gasteiger partial charge >= 0.3 is 0 Å². The normalized spacial score (nSPS) is 8.81. The fourth-order valence-corrected chi connectivity index (χ4v) is 1.96. The zero-order valence-electron chi connectivity index (χ0n) is 8.63. The van der Waals surface area contributed by atoms with Crippen molar-refractivity contribution in [2.75, 3.05) is 6.54 Å². The zero-order valence-corrected chi connectivity index (χ0v) is 10.3. The molecule has 16 heavy (non-hydrogen) atoms. The number of aromatic nitrogens is 1. The molecule has 2 nitrogen and oxygen atoms in total. The highest BCUT2D eigenvalue weighted by atomic mass is 32.2. The van der Waals surface area contributed by atoms with Crippen LogP contribution in [-0.2, 0) is 0 Å². The van der Waals surface area contributed by atoms with E-state index in [0.717, 1.165) is 14.8 Å². The first-order chi connectivity index (χ1) is 7.77. The van der Waals surface area contributed by atoms with Gasteiger partial charge in [-0.1, -0.05) is 36.3 Å². The molecule has 0 bridgehead atoms. The Hall–Kier alpha value is -1.28. The number of nitrogens with two attached hydrogens (primary N) is 1. The number of thiol groups is 1. The molecule has 1 aromatic heterocycles. The molecule has 82 valence electrons. The molecule has 0 aliphatic carbocycles. The van der Waals surface area contributed by atoms with E-state index in [9.17, 15) is 0 Å².